The molecule has 2 N–H and O–H groups in total. The second kappa shape index (κ2) is 4.92. The summed E-state index contributed by atoms with van der Waals surface area (Å²) in [6.07, 6.45) is 0.861. The third-order valence-corrected chi connectivity index (χ3v) is 7.13. The second-order valence-corrected chi connectivity index (χ2v) is 8.49. The van der Waals surface area contributed by atoms with Crippen molar-refractivity contribution in [2.45, 2.75) is 37.4 Å². The van der Waals surface area contributed by atoms with Gasteiger partial charge in [0.25, 0.3) is 10.0 Å². The third-order valence-electron chi connectivity index (χ3n) is 3.50. The molecule has 0 spiro atoms. The van der Waals surface area contributed by atoms with Gasteiger partial charge in [-0.1, -0.05) is 0 Å². The lowest BCUT2D eigenvalue weighted by Crippen LogP contribution is -2.32. The first kappa shape index (κ1) is 14.0. The largest absolute Gasteiger partial charge is 0.328 e. The molecule has 0 amide bonds. The molecular formula is C12H20N2O2S2. The third kappa shape index (κ3) is 2.47. The molecule has 1 aliphatic heterocycles. The van der Waals surface area contributed by atoms with Crippen LogP contribution in [0.5, 0.6) is 0 Å². The standard InChI is InChI=1S/C12H20N2O2S2/c1-8-6-9(2)17-12(8)18(15,16)14-5-4-11(7-14)10(3)13/h6,10-11H,4-5,7,13H2,1-3H3. The topological polar surface area (TPSA) is 63.4 Å². The number of nitrogens with two attached hydrogens (primary N) is 1. The van der Waals surface area contributed by atoms with Crippen LogP contribution in [0.25, 0.3) is 0 Å². The maximum atomic E-state index is 12.5. The number of aryl methyl sites for hydroxylation is 2. The van der Waals surface area contributed by atoms with Gasteiger partial charge < -0.3 is 5.73 Å². The van der Waals surface area contributed by atoms with Crippen LogP contribution >= 0.6 is 11.3 Å². The van der Waals surface area contributed by atoms with Crippen LogP contribution in [0.4, 0.5) is 0 Å². The van der Waals surface area contributed by atoms with E-state index < -0.39 is 10.0 Å². The quantitative estimate of drug-likeness (QED) is 0.921. The monoisotopic (exact) mass is 288 g/mol. The van der Waals surface area contributed by atoms with Crippen molar-refractivity contribution in [2.75, 3.05) is 13.1 Å². The fraction of sp³-hybridized carbons (Fsp3) is 0.667. The molecule has 1 aromatic heterocycles. The van der Waals surface area contributed by atoms with E-state index in [0.29, 0.717) is 17.3 Å². The average molecular weight is 288 g/mol. The van der Waals surface area contributed by atoms with Gasteiger partial charge >= 0.3 is 0 Å². The smallest absolute Gasteiger partial charge is 0.252 e. The lowest BCUT2D eigenvalue weighted by atomic mass is 10.0. The molecule has 102 valence electrons. The van der Waals surface area contributed by atoms with Gasteiger partial charge in [-0.25, -0.2) is 8.42 Å². The van der Waals surface area contributed by atoms with Crippen LogP contribution in [-0.2, 0) is 10.0 Å². The maximum Gasteiger partial charge on any atom is 0.252 e. The zero-order valence-corrected chi connectivity index (χ0v) is 12.6. The van der Waals surface area contributed by atoms with Gasteiger partial charge in [-0.3, -0.25) is 0 Å². The highest BCUT2D eigenvalue weighted by Crippen LogP contribution is 2.32. The predicted octanol–water partition coefficient (Wildman–Crippen LogP) is 1.72. The molecule has 6 heteroatoms. The van der Waals surface area contributed by atoms with E-state index >= 15 is 0 Å². The van der Waals surface area contributed by atoms with Gasteiger partial charge in [0.1, 0.15) is 4.21 Å². The van der Waals surface area contributed by atoms with Crippen molar-refractivity contribution in [3.05, 3.63) is 16.5 Å². The number of hydrogen-bond acceptors (Lipinski definition) is 4. The summed E-state index contributed by atoms with van der Waals surface area (Å²) in [6.45, 7) is 6.88. The summed E-state index contributed by atoms with van der Waals surface area (Å²) in [5.41, 5.74) is 6.71. The first-order valence-electron chi connectivity index (χ1n) is 6.15. The maximum absolute atomic E-state index is 12.5. The lowest BCUT2D eigenvalue weighted by Gasteiger charge is -2.17. The Kier molecular flexibility index (Phi) is 3.82. The lowest BCUT2D eigenvalue weighted by molar-refractivity contribution is 0.429. The minimum absolute atomic E-state index is 0.0522. The second-order valence-electron chi connectivity index (χ2n) is 5.10. The Morgan fingerprint density at radius 1 is 1.50 bits per heavy atom. The van der Waals surface area contributed by atoms with E-state index in [1.165, 1.54) is 11.3 Å². The molecule has 1 aliphatic rings. The fourth-order valence-corrected chi connectivity index (χ4v) is 5.71. The molecule has 18 heavy (non-hydrogen) atoms. The van der Waals surface area contributed by atoms with E-state index in [9.17, 15) is 8.42 Å². The molecule has 4 nitrogen and oxygen atoms in total. The number of rotatable bonds is 3. The number of thiophene rings is 1. The van der Waals surface area contributed by atoms with Crippen LogP contribution in [0.15, 0.2) is 10.3 Å². The van der Waals surface area contributed by atoms with E-state index in [4.69, 9.17) is 5.73 Å². The molecule has 2 heterocycles. The van der Waals surface area contributed by atoms with Crippen LogP contribution in [0.1, 0.15) is 23.8 Å². The van der Waals surface area contributed by atoms with Crippen molar-refractivity contribution in [3.63, 3.8) is 0 Å². The summed E-state index contributed by atoms with van der Waals surface area (Å²) >= 11 is 1.36. The van der Waals surface area contributed by atoms with Crippen molar-refractivity contribution in [1.82, 2.24) is 4.31 Å². The van der Waals surface area contributed by atoms with Gasteiger partial charge in [0.05, 0.1) is 0 Å². The molecule has 0 bridgehead atoms. The summed E-state index contributed by atoms with van der Waals surface area (Å²) in [6, 6.07) is 1.98. The van der Waals surface area contributed by atoms with E-state index in [0.717, 1.165) is 16.9 Å². The average Bonchev–Trinajstić information content (AvgIpc) is 2.85. The number of hydrogen-bond donors (Lipinski definition) is 1. The van der Waals surface area contributed by atoms with Gasteiger partial charge in [-0.2, -0.15) is 4.31 Å². The van der Waals surface area contributed by atoms with Crippen molar-refractivity contribution in [3.8, 4) is 0 Å². The Bertz CT molecular complexity index is 534. The molecule has 2 atom stereocenters. The summed E-state index contributed by atoms with van der Waals surface area (Å²) in [4.78, 5) is 1.04. The van der Waals surface area contributed by atoms with Gasteiger partial charge in [0.15, 0.2) is 0 Å². The van der Waals surface area contributed by atoms with Crippen LogP contribution in [-0.4, -0.2) is 31.9 Å². The normalized spacial score (nSPS) is 23.4. The molecule has 1 aromatic rings. The van der Waals surface area contributed by atoms with Gasteiger partial charge in [-0.15, -0.1) is 11.3 Å². The first-order chi connectivity index (χ1) is 8.32. The first-order valence-corrected chi connectivity index (χ1v) is 8.41. The highest BCUT2D eigenvalue weighted by atomic mass is 32.2. The molecule has 1 saturated heterocycles. The molecule has 0 saturated carbocycles. The summed E-state index contributed by atoms with van der Waals surface area (Å²) in [5, 5.41) is 0. The van der Waals surface area contributed by atoms with E-state index in [1.54, 1.807) is 4.31 Å². The van der Waals surface area contributed by atoms with E-state index in [2.05, 4.69) is 0 Å². The number of nitrogens with zero attached hydrogens (tertiary/aromatic N) is 1. The van der Waals surface area contributed by atoms with Crippen molar-refractivity contribution >= 4 is 21.4 Å². The summed E-state index contributed by atoms with van der Waals surface area (Å²) in [5.74, 6) is 0.279. The van der Waals surface area contributed by atoms with Crippen LogP contribution < -0.4 is 5.73 Å². The Balaban J connectivity index is 2.26. The number of sulfonamides is 1. The molecule has 0 aromatic carbocycles. The fourth-order valence-electron chi connectivity index (χ4n) is 2.39. The van der Waals surface area contributed by atoms with Gasteiger partial charge in [0, 0.05) is 24.0 Å². The zero-order valence-electron chi connectivity index (χ0n) is 11.0. The highest BCUT2D eigenvalue weighted by Gasteiger charge is 2.35. The molecule has 2 rings (SSSR count). The van der Waals surface area contributed by atoms with Crippen LogP contribution in [0.2, 0.25) is 0 Å². The minimum atomic E-state index is -3.32. The molecule has 2 unspecified atom stereocenters. The summed E-state index contributed by atoms with van der Waals surface area (Å²) in [7, 11) is -3.32. The van der Waals surface area contributed by atoms with E-state index in [1.807, 2.05) is 26.8 Å². The predicted molar refractivity (Wildman–Crippen MR) is 74.3 cm³/mol. The molecular weight excluding hydrogens is 268 g/mol. The van der Waals surface area contributed by atoms with E-state index in [-0.39, 0.29) is 12.0 Å². The van der Waals surface area contributed by atoms with Crippen molar-refractivity contribution in [2.24, 2.45) is 11.7 Å². The Hall–Kier alpha value is -0.430. The Morgan fingerprint density at radius 2 is 2.17 bits per heavy atom. The van der Waals surface area contributed by atoms with Gasteiger partial charge in [0.2, 0.25) is 0 Å². The Morgan fingerprint density at radius 3 is 2.61 bits per heavy atom. The highest BCUT2D eigenvalue weighted by molar-refractivity contribution is 7.91. The zero-order chi connectivity index (χ0) is 13.5. The SMILES string of the molecule is Cc1cc(C)c(S(=O)(=O)N2CCC(C(C)N)C2)s1. The molecule has 1 fully saturated rings. The molecule has 0 aliphatic carbocycles. The molecule has 0 radical (unpaired) electrons. The van der Waals surface area contributed by atoms with Gasteiger partial charge in [-0.05, 0) is 44.7 Å². The van der Waals surface area contributed by atoms with Crippen LogP contribution in [0, 0.1) is 19.8 Å². The van der Waals surface area contributed by atoms with Crippen LogP contribution in [0.3, 0.4) is 0 Å². The van der Waals surface area contributed by atoms with Crippen molar-refractivity contribution < 1.29 is 8.42 Å². The minimum Gasteiger partial charge on any atom is -0.328 e. The summed E-state index contributed by atoms with van der Waals surface area (Å²) < 4.78 is 27.1. The van der Waals surface area contributed by atoms with Crippen molar-refractivity contribution in [1.29, 1.82) is 0 Å². The Labute approximate surface area is 113 Å².